The molecule has 6 nitrogen and oxygen atoms in total. The van der Waals surface area contributed by atoms with Gasteiger partial charge in [0.15, 0.2) is 0 Å². The molecule has 1 aliphatic rings. The van der Waals surface area contributed by atoms with Crippen LogP contribution in [0.3, 0.4) is 0 Å². The molecule has 1 aliphatic heterocycles. The van der Waals surface area contributed by atoms with Crippen molar-refractivity contribution in [2.45, 2.75) is 31.4 Å². The minimum absolute atomic E-state index is 0.0556. The molecule has 4 N–H and O–H groups in total. The summed E-state index contributed by atoms with van der Waals surface area (Å²) in [5.41, 5.74) is -1.22. The molecule has 0 spiro atoms. The van der Waals surface area contributed by atoms with Gasteiger partial charge in [-0.3, -0.25) is 4.79 Å². The lowest BCUT2D eigenvalue weighted by molar-refractivity contribution is -0.139. The Morgan fingerprint density at radius 2 is 2.06 bits per heavy atom. The van der Waals surface area contributed by atoms with E-state index in [0.29, 0.717) is 6.42 Å². The Balaban J connectivity index is 2.37. The predicted octanol–water partition coefficient (Wildman–Crippen LogP) is -1.39. The molecule has 1 rings (SSSR count). The Bertz CT molecular complexity index is 254. The molecule has 0 aromatic heterocycles. The van der Waals surface area contributed by atoms with Crippen LogP contribution in [-0.2, 0) is 9.53 Å². The van der Waals surface area contributed by atoms with Crippen molar-refractivity contribution in [1.82, 2.24) is 10.6 Å². The molecule has 0 unspecified atom stereocenters. The Morgan fingerprint density at radius 3 is 2.41 bits per heavy atom. The molecule has 1 heterocycles. The summed E-state index contributed by atoms with van der Waals surface area (Å²) in [6, 6.07) is 0. The fourth-order valence-electron chi connectivity index (χ4n) is 1.59. The number of hydrogen-bond acceptors (Lipinski definition) is 5. The molecule has 1 amide bonds. The van der Waals surface area contributed by atoms with Crippen molar-refractivity contribution in [2.24, 2.45) is 0 Å². The quantitative estimate of drug-likeness (QED) is 0.444. The molecule has 100 valence electrons. The standard InChI is InChI=1S/C11H22N2O4/c1-3-11(7-14,8-15)13-9(16)4-17-10(2)5-12-6-10/h12,14-15H,3-8H2,1-2H3,(H,13,16). The maximum atomic E-state index is 11.6. The van der Waals surface area contributed by atoms with Crippen molar-refractivity contribution in [2.75, 3.05) is 32.9 Å². The third-order valence-corrected chi connectivity index (χ3v) is 3.24. The van der Waals surface area contributed by atoms with Crippen LogP contribution in [0.1, 0.15) is 20.3 Å². The molecule has 0 aromatic carbocycles. The Morgan fingerprint density at radius 1 is 1.47 bits per heavy atom. The number of carbonyl (C=O) groups is 1. The minimum atomic E-state index is -0.945. The zero-order valence-corrected chi connectivity index (χ0v) is 10.5. The maximum Gasteiger partial charge on any atom is 0.246 e. The van der Waals surface area contributed by atoms with Gasteiger partial charge < -0.3 is 25.6 Å². The number of amides is 1. The van der Waals surface area contributed by atoms with Gasteiger partial charge in [-0.05, 0) is 13.3 Å². The second kappa shape index (κ2) is 5.77. The van der Waals surface area contributed by atoms with E-state index in [1.165, 1.54) is 0 Å². The molecule has 1 fully saturated rings. The summed E-state index contributed by atoms with van der Waals surface area (Å²) in [5.74, 6) is -0.317. The van der Waals surface area contributed by atoms with Gasteiger partial charge in [0.1, 0.15) is 6.61 Å². The Kier molecular flexibility index (Phi) is 4.88. The Hall–Kier alpha value is -0.690. The number of carbonyl (C=O) groups excluding carboxylic acids is 1. The van der Waals surface area contributed by atoms with E-state index in [0.717, 1.165) is 13.1 Å². The van der Waals surface area contributed by atoms with Crippen LogP contribution in [-0.4, -0.2) is 60.2 Å². The lowest BCUT2D eigenvalue weighted by atomic mass is 9.98. The van der Waals surface area contributed by atoms with Gasteiger partial charge in [-0.2, -0.15) is 0 Å². The average molecular weight is 246 g/mol. The number of nitrogens with one attached hydrogen (secondary N) is 2. The van der Waals surface area contributed by atoms with Crippen LogP contribution < -0.4 is 10.6 Å². The summed E-state index contributed by atoms with van der Waals surface area (Å²) in [4.78, 5) is 11.6. The van der Waals surface area contributed by atoms with E-state index in [4.69, 9.17) is 4.74 Å². The summed E-state index contributed by atoms with van der Waals surface area (Å²) >= 11 is 0. The molecule has 0 aromatic rings. The molecule has 1 saturated heterocycles. The zero-order valence-electron chi connectivity index (χ0n) is 10.5. The predicted molar refractivity (Wildman–Crippen MR) is 62.6 cm³/mol. The van der Waals surface area contributed by atoms with Crippen molar-refractivity contribution in [3.05, 3.63) is 0 Å². The second-order valence-electron chi connectivity index (χ2n) is 4.84. The van der Waals surface area contributed by atoms with Gasteiger partial charge in [0.25, 0.3) is 0 Å². The van der Waals surface area contributed by atoms with Crippen LogP contribution in [0.15, 0.2) is 0 Å². The van der Waals surface area contributed by atoms with Crippen molar-refractivity contribution >= 4 is 5.91 Å². The molecule has 0 aliphatic carbocycles. The van der Waals surface area contributed by atoms with Crippen LogP contribution in [0.25, 0.3) is 0 Å². The van der Waals surface area contributed by atoms with E-state index in [9.17, 15) is 15.0 Å². The van der Waals surface area contributed by atoms with E-state index < -0.39 is 5.54 Å². The fraction of sp³-hybridized carbons (Fsp3) is 0.909. The van der Waals surface area contributed by atoms with Crippen LogP contribution in [0.4, 0.5) is 0 Å². The molecular formula is C11H22N2O4. The second-order valence-corrected chi connectivity index (χ2v) is 4.84. The highest BCUT2D eigenvalue weighted by Crippen LogP contribution is 2.15. The van der Waals surface area contributed by atoms with E-state index >= 15 is 0 Å². The van der Waals surface area contributed by atoms with Crippen LogP contribution in [0.2, 0.25) is 0 Å². The highest BCUT2D eigenvalue weighted by atomic mass is 16.5. The highest BCUT2D eigenvalue weighted by molar-refractivity contribution is 5.78. The van der Waals surface area contributed by atoms with E-state index in [-0.39, 0.29) is 31.3 Å². The fourth-order valence-corrected chi connectivity index (χ4v) is 1.59. The van der Waals surface area contributed by atoms with Crippen molar-refractivity contribution in [3.63, 3.8) is 0 Å². The summed E-state index contributed by atoms with van der Waals surface area (Å²) in [5, 5.41) is 24.1. The van der Waals surface area contributed by atoms with Gasteiger partial charge in [0.05, 0.1) is 24.4 Å². The number of aliphatic hydroxyl groups is 2. The topological polar surface area (TPSA) is 90.8 Å². The van der Waals surface area contributed by atoms with Gasteiger partial charge in [-0.15, -0.1) is 0 Å². The van der Waals surface area contributed by atoms with E-state index in [1.807, 2.05) is 6.92 Å². The Labute approximate surface area is 101 Å². The SMILES string of the molecule is CCC(CO)(CO)NC(=O)COC1(C)CNC1. The van der Waals surface area contributed by atoms with Crippen LogP contribution >= 0.6 is 0 Å². The molecule has 0 bridgehead atoms. The largest absolute Gasteiger partial charge is 0.394 e. The summed E-state index contributed by atoms with van der Waals surface area (Å²) in [7, 11) is 0. The summed E-state index contributed by atoms with van der Waals surface area (Å²) < 4.78 is 5.47. The zero-order chi connectivity index (χ0) is 12.9. The molecule has 0 saturated carbocycles. The van der Waals surface area contributed by atoms with Gasteiger partial charge in [-0.25, -0.2) is 0 Å². The van der Waals surface area contributed by atoms with Gasteiger partial charge in [0.2, 0.25) is 5.91 Å². The highest BCUT2D eigenvalue weighted by Gasteiger charge is 2.34. The monoisotopic (exact) mass is 246 g/mol. The molecule has 0 radical (unpaired) electrons. The maximum absolute atomic E-state index is 11.6. The van der Waals surface area contributed by atoms with Crippen molar-refractivity contribution < 1.29 is 19.7 Å². The number of rotatable bonds is 7. The first-order chi connectivity index (χ1) is 7.99. The van der Waals surface area contributed by atoms with E-state index in [1.54, 1.807) is 6.92 Å². The summed E-state index contributed by atoms with van der Waals surface area (Å²) in [6.45, 7) is 4.57. The first kappa shape index (κ1) is 14.4. The lowest BCUT2D eigenvalue weighted by Crippen LogP contribution is -2.60. The third kappa shape index (κ3) is 3.64. The van der Waals surface area contributed by atoms with Crippen molar-refractivity contribution in [1.29, 1.82) is 0 Å². The minimum Gasteiger partial charge on any atom is -0.394 e. The number of ether oxygens (including phenoxy) is 1. The van der Waals surface area contributed by atoms with E-state index in [2.05, 4.69) is 10.6 Å². The average Bonchev–Trinajstić information content (AvgIpc) is 2.31. The van der Waals surface area contributed by atoms with Crippen LogP contribution in [0, 0.1) is 0 Å². The first-order valence-electron chi connectivity index (χ1n) is 5.86. The molecule has 6 heteroatoms. The van der Waals surface area contributed by atoms with Crippen molar-refractivity contribution in [3.8, 4) is 0 Å². The number of aliphatic hydroxyl groups excluding tert-OH is 2. The molecule has 17 heavy (non-hydrogen) atoms. The first-order valence-corrected chi connectivity index (χ1v) is 5.86. The summed E-state index contributed by atoms with van der Waals surface area (Å²) in [6.07, 6.45) is 0.463. The molecular weight excluding hydrogens is 224 g/mol. The van der Waals surface area contributed by atoms with Gasteiger partial charge in [-0.1, -0.05) is 6.92 Å². The molecule has 0 atom stereocenters. The van der Waals surface area contributed by atoms with Gasteiger partial charge >= 0.3 is 0 Å². The number of hydrogen-bond donors (Lipinski definition) is 4. The normalized spacial score (nSPS) is 18.6. The lowest BCUT2D eigenvalue weighted by Gasteiger charge is -2.39. The van der Waals surface area contributed by atoms with Crippen LogP contribution in [0.5, 0.6) is 0 Å². The smallest absolute Gasteiger partial charge is 0.246 e. The van der Waals surface area contributed by atoms with Gasteiger partial charge in [0, 0.05) is 13.1 Å². The third-order valence-electron chi connectivity index (χ3n) is 3.24.